The Hall–Kier alpha value is -2.57. The topological polar surface area (TPSA) is 75.6 Å². The van der Waals surface area contributed by atoms with Gasteiger partial charge in [0.2, 0.25) is 5.91 Å². The molecule has 1 aliphatic heterocycles. The second kappa shape index (κ2) is 11.0. The fraction of sp³-hybridized carbons (Fsp3) is 0.304. The van der Waals surface area contributed by atoms with E-state index >= 15 is 0 Å². The standard InChI is InChI=1S/C23H18Cl2F6N2O3S/c24-15-10-14(11-16(25)12-15)20(23(29,30)31)32-19(34)6-4-13-3-5-17(18(9-13)22(26,27)28)21(35)33-37(36)7-1-2-8-37/h3-6,9-12,20H,1-2,7-8H2,(H,32,34)/b6-4+. The summed E-state index contributed by atoms with van der Waals surface area (Å²) in [4.78, 5) is 24.6. The molecule has 0 aliphatic carbocycles. The molecule has 1 unspecified atom stereocenters. The van der Waals surface area contributed by atoms with Gasteiger partial charge in [-0.3, -0.25) is 9.59 Å². The molecule has 0 aromatic heterocycles. The lowest BCUT2D eigenvalue weighted by molar-refractivity contribution is -0.162. The van der Waals surface area contributed by atoms with Crippen molar-refractivity contribution in [3.63, 3.8) is 0 Å². The summed E-state index contributed by atoms with van der Waals surface area (Å²) < 4.78 is 97.6. The minimum absolute atomic E-state index is 0.0972. The lowest BCUT2D eigenvalue weighted by atomic mass is 10.0. The molecular formula is C23H18Cl2F6N2O3S. The molecule has 1 saturated heterocycles. The molecule has 5 nitrogen and oxygen atoms in total. The van der Waals surface area contributed by atoms with E-state index in [4.69, 9.17) is 23.2 Å². The first-order valence-electron chi connectivity index (χ1n) is 10.6. The van der Waals surface area contributed by atoms with E-state index in [1.54, 1.807) is 5.32 Å². The fourth-order valence-corrected chi connectivity index (χ4v) is 6.23. The minimum Gasteiger partial charge on any atom is -0.337 e. The van der Waals surface area contributed by atoms with Gasteiger partial charge in [-0.05, 0) is 60.4 Å². The van der Waals surface area contributed by atoms with Crippen molar-refractivity contribution in [2.75, 3.05) is 11.5 Å². The summed E-state index contributed by atoms with van der Waals surface area (Å²) >= 11 is 11.5. The molecule has 37 heavy (non-hydrogen) atoms. The summed E-state index contributed by atoms with van der Waals surface area (Å²) in [5, 5.41) is 1.53. The molecule has 200 valence electrons. The van der Waals surface area contributed by atoms with Crippen molar-refractivity contribution in [1.82, 2.24) is 5.32 Å². The fourth-order valence-electron chi connectivity index (χ4n) is 3.59. The third kappa shape index (κ3) is 7.71. The zero-order valence-corrected chi connectivity index (χ0v) is 21.0. The highest BCUT2D eigenvalue weighted by Gasteiger charge is 2.42. The average Bonchev–Trinajstić information content (AvgIpc) is 3.19. The van der Waals surface area contributed by atoms with Crippen LogP contribution in [0, 0.1) is 0 Å². The SMILES string of the molecule is O=C(/C=C/c1ccc(C(=O)N=S2(=O)CCCC2)c(C(F)(F)F)c1)NC(c1cc(Cl)cc(Cl)c1)C(F)(F)F. The summed E-state index contributed by atoms with van der Waals surface area (Å²) in [7, 11) is -2.91. The highest BCUT2D eigenvalue weighted by molar-refractivity contribution is 7.94. The molecule has 1 aliphatic rings. The van der Waals surface area contributed by atoms with E-state index in [9.17, 15) is 40.1 Å². The van der Waals surface area contributed by atoms with Crippen LogP contribution in [0.3, 0.4) is 0 Å². The van der Waals surface area contributed by atoms with Crippen LogP contribution in [0.5, 0.6) is 0 Å². The Kier molecular flexibility index (Phi) is 8.65. The van der Waals surface area contributed by atoms with Crippen LogP contribution in [0.4, 0.5) is 26.3 Å². The first-order valence-corrected chi connectivity index (χ1v) is 13.2. The van der Waals surface area contributed by atoms with E-state index in [-0.39, 0.29) is 27.1 Å². The molecule has 2 amide bonds. The smallest absolute Gasteiger partial charge is 0.337 e. The Morgan fingerprint density at radius 1 is 0.973 bits per heavy atom. The first-order chi connectivity index (χ1) is 17.1. The van der Waals surface area contributed by atoms with Gasteiger partial charge in [0, 0.05) is 27.6 Å². The van der Waals surface area contributed by atoms with Crippen LogP contribution in [0.1, 0.15) is 45.9 Å². The van der Waals surface area contributed by atoms with Crippen LogP contribution >= 0.6 is 23.2 Å². The van der Waals surface area contributed by atoms with E-state index in [0.29, 0.717) is 25.0 Å². The van der Waals surface area contributed by atoms with Crippen LogP contribution < -0.4 is 5.32 Å². The summed E-state index contributed by atoms with van der Waals surface area (Å²) in [5.74, 6) is -2.30. The van der Waals surface area contributed by atoms with E-state index in [1.807, 2.05) is 0 Å². The lowest BCUT2D eigenvalue weighted by Gasteiger charge is -2.22. The second-order valence-corrected chi connectivity index (χ2v) is 11.5. The Morgan fingerprint density at radius 2 is 1.57 bits per heavy atom. The molecule has 2 aromatic carbocycles. The predicted molar refractivity (Wildman–Crippen MR) is 128 cm³/mol. The lowest BCUT2D eigenvalue weighted by Crippen LogP contribution is -2.37. The van der Waals surface area contributed by atoms with E-state index in [2.05, 4.69) is 4.36 Å². The number of carbonyl (C=O) groups excluding carboxylic acids is 2. The van der Waals surface area contributed by atoms with Crippen LogP contribution in [-0.4, -0.2) is 33.7 Å². The van der Waals surface area contributed by atoms with Gasteiger partial charge in [0.1, 0.15) is 0 Å². The van der Waals surface area contributed by atoms with Crippen molar-refractivity contribution in [2.24, 2.45) is 4.36 Å². The third-order valence-corrected chi connectivity index (χ3v) is 8.05. The highest BCUT2D eigenvalue weighted by atomic mass is 35.5. The summed E-state index contributed by atoms with van der Waals surface area (Å²) in [6, 6.07) is 3.05. The van der Waals surface area contributed by atoms with E-state index in [1.165, 1.54) is 6.07 Å². The molecule has 1 N–H and O–H groups in total. The number of carbonyl (C=O) groups is 2. The van der Waals surface area contributed by atoms with Crippen molar-refractivity contribution in [3.8, 4) is 0 Å². The number of halogens is 8. The monoisotopic (exact) mass is 586 g/mol. The molecule has 1 heterocycles. The third-order valence-electron chi connectivity index (χ3n) is 5.26. The largest absolute Gasteiger partial charge is 0.417 e. The quantitative estimate of drug-likeness (QED) is 0.307. The molecule has 0 bridgehead atoms. The Morgan fingerprint density at radius 3 is 2.11 bits per heavy atom. The number of hydrogen-bond acceptors (Lipinski definition) is 3. The maximum Gasteiger partial charge on any atom is 0.417 e. The molecule has 0 spiro atoms. The Labute approximate surface area is 218 Å². The highest BCUT2D eigenvalue weighted by Crippen LogP contribution is 2.36. The predicted octanol–water partition coefficient (Wildman–Crippen LogP) is 6.85. The van der Waals surface area contributed by atoms with Crippen molar-refractivity contribution in [3.05, 3.63) is 74.8 Å². The number of nitrogens with zero attached hydrogens (tertiary/aromatic N) is 1. The number of alkyl halides is 6. The van der Waals surface area contributed by atoms with Crippen LogP contribution in [0.2, 0.25) is 10.0 Å². The Balaban J connectivity index is 1.87. The number of rotatable bonds is 5. The first kappa shape index (κ1) is 29.0. The number of amides is 2. The average molecular weight is 587 g/mol. The zero-order valence-electron chi connectivity index (χ0n) is 18.6. The van der Waals surface area contributed by atoms with Gasteiger partial charge in [0.25, 0.3) is 5.91 Å². The van der Waals surface area contributed by atoms with Gasteiger partial charge < -0.3 is 5.32 Å². The second-order valence-electron chi connectivity index (χ2n) is 8.11. The number of benzene rings is 2. The maximum atomic E-state index is 13.6. The van der Waals surface area contributed by atoms with Crippen LogP contribution in [0.25, 0.3) is 6.08 Å². The maximum absolute atomic E-state index is 13.6. The van der Waals surface area contributed by atoms with Gasteiger partial charge >= 0.3 is 12.4 Å². The van der Waals surface area contributed by atoms with Gasteiger partial charge in [-0.2, -0.15) is 30.7 Å². The summed E-state index contributed by atoms with van der Waals surface area (Å²) in [6.07, 6.45) is -7.37. The summed E-state index contributed by atoms with van der Waals surface area (Å²) in [5.41, 5.74) is -2.87. The molecule has 0 saturated carbocycles. The molecule has 0 radical (unpaired) electrons. The van der Waals surface area contributed by atoms with Gasteiger partial charge in [-0.15, -0.1) is 0 Å². The number of nitrogens with one attached hydrogen (secondary N) is 1. The van der Waals surface area contributed by atoms with Crippen molar-refractivity contribution >= 4 is 50.8 Å². The minimum atomic E-state index is -5.00. The van der Waals surface area contributed by atoms with Gasteiger partial charge in [0.05, 0.1) is 20.9 Å². The van der Waals surface area contributed by atoms with Gasteiger partial charge in [-0.25, -0.2) is 4.21 Å². The van der Waals surface area contributed by atoms with E-state index in [0.717, 1.165) is 30.3 Å². The van der Waals surface area contributed by atoms with Gasteiger partial charge in [0.15, 0.2) is 6.04 Å². The molecule has 1 fully saturated rings. The van der Waals surface area contributed by atoms with Crippen molar-refractivity contribution in [1.29, 1.82) is 0 Å². The molecular weight excluding hydrogens is 569 g/mol. The van der Waals surface area contributed by atoms with Crippen LogP contribution in [0.15, 0.2) is 46.8 Å². The number of hydrogen-bond donors (Lipinski definition) is 1. The molecule has 2 aromatic rings. The normalized spacial score (nSPS) is 16.5. The molecule has 3 rings (SSSR count). The Bertz CT molecular complexity index is 1330. The summed E-state index contributed by atoms with van der Waals surface area (Å²) in [6.45, 7) is 0. The molecule has 1 atom stereocenters. The van der Waals surface area contributed by atoms with Crippen molar-refractivity contribution in [2.45, 2.75) is 31.2 Å². The zero-order chi connectivity index (χ0) is 27.6. The van der Waals surface area contributed by atoms with Gasteiger partial charge in [-0.1, -0.05) is 29.3 Å². The van der Waals surface area contributed by atoms with E-state index < -0.39 is 56.6 Å². The molecule has 14 heteroatoms. The van der Waals surface area contributed by atoms with Crippen LogP contribution in [-0.2, 0) is 20.7 Å². The van der Waals surface area contributed by atoms with Crippen molar-refractivity contribution < 1.29 is 40.1 Å².